The third kappa shape index (κ3) is 6.67. The Hall–Kier alpha value is -3.80. The van der Waals surface area contributed by atoms with Crippen molar-refractivity contribution in [3.05, 3.63) is 76.0 Å². The van der Waals surface area contributed by atoms with Crippen molar-refractivity contribution in [3.63, 3.8) is 0 Å². The number of benzene rings is 2. The van der Waals surface area contributed by atoms with Crippen LogP contribution in [0.3, 0.4) is 0 Å². The van der Waals surface area contributed by atoms with Crippen molar-refractivity contribution in [2.75, 3.05) is 31.2 Å². The number of alkyl halides is 3. The third-order valence-electron chi connectivity index (χ3n) is 7.34. The van der Waals surface area contributed by atoms with Crippen LogP contribution in [0.5, 0.6) is 11.8 Å². The quantitative estimate of drug-likeness (QED) is 0.174. The molecule has 0 amide bonds. The number of nitro groups is 1. The fourth-order valence-corrected chi connectivity index (χ4v) is 5.06. The standard InChI is InChI=1S/C28H31F3N4O5/c1-27(18-34-16-25(35(36)37)32-26(34)40-27)19-39-24-8-6-23(7-9-24)33-13-10-20(11-14-33)12-15-38-17-21-2-4-22(5-3-21)28(29,30)31/h2-9,16,20H,10-15,17-19H2,1H3. The van der Waals surface area contributed by atoms with E-state index in [0.29, 0.717) is 31.4 Å². The first-order valence-corrected chi connectivity index (χ1v) is 13.2. The molecule has 2 aliphatic rings. The highest BCUT2D eigenvalue weighted by Crippen LogP contribution is 2.32. The monoisotopic (exact) mass is 560 g/mol. The van der Waals surface area contributed by atoms with Crippen molar-refractivity contribution in [3.8, 4) is 11.8 Å². The first-order chi connectivity index (χ1) is 19.1. The van der Waals surface area contributed by atoms with Gasteiger partial charge in [-0.2, -0.15) is 13.2 Å². The number of halogens is 3. The van der Waals surface area contributed by atoms with Crippen LogP contribution in [0, 0.1) is 16.0 Å². The van der Waals surface area contributed by atoms with E-state index in [1.807, 2.05) is 31.2 Å². The summed E-state index contributed by atoms with van der Waals surface area (Å²) in [7, 11) is 0. The van der Waals surface area contributed by atoms with Gasteiger partial charge in [-0.3, -0.25) is 4.57 Å². The third-order valence-corrected chi connectivity index (χ3v) is 7.34. The maximum absolute atomic E-state index is 12.7. The Balaban J connectivity index is 1.00. The van der Waals surface area contributed by atoms with Gasteiger partial charge in [0.15, 0.2) is 5.60 Å². The van der Waals surface area contributed by atoms with Gasteiger partial charge < -0.3 is 29.2 Å². The second-order valence-electron chi connectivity index (χ2n) is 10.6. The zero-order chi connectivity index (χ0) is 28.3. The number of fused-ring (bicyclic) bond motifs is 1. The lowest BCUT2D eigenvalue weighted by Crippen LogP contribution is -2.38. The number of hydrogen-bond donors (Lipinski definition) is 0. The Morgan fingerprint density at radius 1 is 1.12 bits per heavy atom. The summed E-state index contributed by atoms with van der Waals surface area (Å²) < 4.78 is 57.1. The molecule has 1 saturated heterocycles. The number of nitrogens with zero attached hydrogens (tertiary/aromatic N) is 4. The van der Waals surface area contributed by atoms with E-state index in [2.05, 4.69) is 9.88 Å². The molecule has 0 radical (unpaired) electrons. The summed E-state index contributed by atoms with van der Waals surface area (Å²) in [6.07, 6.45) is 0.0644. The number of rotatable bonds is 10. The van der Waals surface area contributed by atoms with Gasteiger partial charge in [-0.1, -0.05) is 12.1 Å². The lowest BCUT2D eigenvalue weighted by molar-refractivity contribution is -0.389. The minimum absolute atomic E-state index is 0.224. The molecule has 1 fully saturated rings. The summed E-state index contributed by atoms with van der Waals surface area (Å²) >= 11 is 0. The summed E-state index contributed by atoms with van der Waals surface area (Å²) in [5.74, 6) is 1.03. The molecule has 2 aliphatic heterocycles. The minimum Gasteiger partial charge on any atom is -0.489 e. The first-order valence-electron chi connectivity index (χ1n) is 13.2. The lowest BCUT2D eigenvalue weighted by Gasteiger charge is -2.33. The van der Waals surface area contributed by atoms with E-state index in [9.17, 15) is 23.3 Å². The molecule has 12 heteroatoms. The Kier molecular flexibility index (Phi) is 7.88. The van der Waals surface area contributed by atoms with Gasteiger partial charge in [-0.15, -0.1) is 0 Å². The molecule has 0 aliphatic carbocycles. The van der Waals surface area contributed by atoms with Crippen LogP contribution in [0.1, 0.15) is 37.3 Å². The smallest absolute Gasteiger partial charge is 0.416 e. The second kappa shape index (κ2) is 11.4. The van der Waals surface area contributed by atoms with Crippen LogP contribution in [0.4, 0.5) is 24.7 Å². The molecule has 40 heavy (non-hydrogen) atoms. The van der Waals surface area contributed by atoms with Gasteiger partial charge in [-0.05, 0) is 79.0 Å². The van der Waals surface area contributed by atoms with Crippen molar-refractivity contribution in [1.29, 1.82) is 0 Å². The molecule has 1 aromatic heterocycles. The van der Waals surface area contributed by atoms with E-state index in [-0.39, 0.29) is 18.4 Å². The van der Waals surface area contributed by atoms with Gasteiger partial charge in [0.05, 0.1) is 18.7 Å². The van der Waals surface area contributed by atoms with Gasteiger partial charge in [0.2, 0.25) is 0 Å². The molecule has 9 nitrogen and oxygen atoms in total. The average molecular weight is 561 g/mol. The maximum atomic E-state index is 12.7. The Morgan fingerprint density at radius 3 is 2.45 bits per heavy atom. The van der Waals surface area contributed by atoms with Gasteiger partial charge in [-0.25, -0.2) is 0 Å². The Morgan fingerprint density at radius 2 is 1.82 bits per heavy atom. The van der Waals surface area contributed by atoms with Crippen molar-refractivity contribution < 1.29 is 32.3 Å². The van der Waals surface area contributed by atoms with E-state index in [1.54, 1.807) is 4.57 Å². The van der Waals surface area contributed by atoms with Gasteiger partial charge in [0.25, 0.3) is 0 Å². The van der Waals surface area contributed by atoms with Crippen LogP contribution >= 0.6 is 0 Å². The molecule has 214 valence electrons. The minimum atomic E-state index is -4.32. The van der Waals surface area contributed by atoms with E-state index >= 15 is 0 Å². The molecule has 5 rings (SSSR count). The Labute approximate surface area is 229 Å². The average Bonchev–Trinajstić information content (AvgIpc) is 3.46. The Bertz CT molecular complexity index is 1280. The number of piperidine rings is 1. The highest BCUT2D eigenvalue weighted by molar-refractivity contribution is 5.49. The summed E-state index contributed by atoms with van der Waals surface area (Å²) in [5.41, 5.74) is 0.543. The van der Waals surface area contributed by atoms with Crippen molar-refractivity contribution in [2.24, 2.45) is 5.92 Å². The SMILES string of the molecule is CC1(COc2ccc(N3CCC(CCOCc4ccc(C(F)(F)F)cc4)CC3)cc2)Cn2cc([N+](=O)[O-])nc2O1. The van der Waals surface area contributed by atoms with Gasteiger partial charge in [0.1, 0.15) is 18.6 Å². The molecular weight excluding hydrogens is 529 g/mol. The summed E-state index contributed by atoms with van der Waals surface area (Å²) in [5, 5.41) is 10.9. The number of ether oxygens (including phenoxy) is 3. The number of aromatic nitrogens is 2. The summed E-state index contributed by atoms with van der Waals surface area (Å²) in [6.45, 7) is 5.33. The van der Waals surface area contributed by atoms with E-state index < -0.39 is 22.3 Å². The van der Waals surface area contributed by atoms with Gasteiger partial charge >= 0.3 is 18.0 Å². The fraction of sp³-hybridized carbons (Fsp3) is 0.464. The molecule has 0 spiro atoms. The highest BCUT2D eigenvalue weighted by Gasteiger charge is 2.41. The first kappa shape index (κ1) is 27.8. The molecule has 1 unspecified atom stereocenters. The predicted octanol–water partition coefficient (Wildman–Crippen LogP) is 5.86. The van der Waals surface area contributed by atoms with Gasteiger partial charge in [0, 0.05) is 30.4 Å². The zero-order valence-electron chi connectivity index (χ0n) is 22.1. The molecule has 0 bridgehead atoms. The number of anilines is 1. The topological polar surface area (TPSA) is 91.9 Å². The van der Waals surface area contributed by atoms with Crippen LogP contribution in [0.25, 0.3) is 0 Å². The zero-order valence-corrected chi connectivity index (χ0v) is 22.1. The van der Waals surface area contributed by atoms with Crippen LogP contribution in [0.2, 0.25) is 0 Å². The molecule has 3 aromatic rings. The molecule has 2 aromatic carbocycles. The van der Waals surface area contributed by atoms with Crippen molar-refractivity contribution >= 4 is 11.5 Å². The maximum Gasteiger partial charge on any atom is 0.416 e. The molecular formula is C28H31F3N4O5. The lowest BCUT2D eigenvalue weighted by atomic mass is 9.93. The van der Waals surface area contributed by atoms with Crippen molar-refractivity contribution in [2.45, 2.75) is 51.1 Å². The predicted molar refractivity (Wildman–Crippen MR) is 141 cm³/mol. The molecule has 1 atom stereocenters. The van der Waals surface area contributed by atoms with Crippen LogP contribution in [0.15, 0.2) is 54.7 Å². The second-order valence-corrected chi connectivity index (χ2v) is 10.6. The van der Waals surface area contributed by atoms with Crippen LogP contribution in [-0.2, 0) is 24.1 Å². The molecule has 3 heterocycles. The van der Waals surface area contributed by atoms with E-state index in [4.69, 9.17) is 14.2 Å². The highest BCUT2D eigenvalue weighted by atomic mass is 19.4. The summed E-state index contributed by atoms with van der Waals surface area (Å²) in [4.78, 5) is 16.6. The summed E-state index contributed by atoms with van der Waals surface area (Å²) in [6, 6.07) is 13.3. The van der Waals surface area contributed by atoms with Crippen molar-refractivity contribution in [1.82, 2.24) is 9.55 Å². The fourth-order valence-electron chi connectivity index (χ4n) is 5.06. The molecule has 0 saturated carbocycles. The largest absolute Gasteiger partial charge is 0.489 e. The van der Waals surface area contributed by atoms with Crippen LogP contribution < -0.4 is 14.4 Å². The van der Waals surface area contributed by atoms with E-state index in [0.717, 1.165) is 55.7 Å². The molecule has 0 N–H and O–H groups in total. The number of imidazole rings is 1. The van der Waals surface area contributed by atoms with Crippen LogP contribution in [-0.4, -0.2) is 46.4 Å². The number of hydrogen-bond acceptors (Lipinski definition) is 7. The normalized spacial score (nSPS) is 19.4. The van der Waals surface area contributed by atoms with E-state index in [1.165, 1.54) is 18.3 Å².